The van der Waals surface area contributed by atoms with Crippen LogP contribution in [0.5, 0.6) is 0 Å². The van der Waals surface area contributed by atoms with Gasteiger partial charge in [-0.1, -0.05) is 41.7 Å². The van der Waals surface area contributed by atoms with E-state index in [0.717, 1.165) is 21.3 Å². The number of aromatic nitrogens is 1. The Balaban J connectivity index is 1.65. The summed E-state index contributed by atoms with van der Waals surface area (Å²) in [5.74, 6) is -0.579. The number of nitro groups is 1. The lowest BCUT2D eigenvalue weighted by atomic mass is 9.98. The number of amides is 1. The quantitative estimate of drug-likeness (QED) is 0.241. The van der Waals surface area contributed by atoms with Crippen molar-refractivity contribution in [3.63, 3.8) is 0 Å². The van der Waals surface area contributed by atoms with Gasteiger partial charge in [0, 0.05) is 12.1 Å². The Hall–Kier alpha value is -4.37. The third-order valence-electron chi connectivity index (χ3n) is 6.20. The van der Waals surface area contributed by atoms with Gasteiger partial charge in [-0.25, -0.2) is 4.98 Å². The van der Waals surface area contributed by atoms with Crippen LogP contribution in [0, 0.1) is 24.0 Å². The average Bonchev–Trinajstić information content (AvgIpc) is 3.38. The zero-order valence-corrected chi connectivity index (χ0v) is 19.5. The number of hydrogen-bond acceptors (Lipinski definition) is 7. The predicted octanol–water partition coefficient (Wildman–Crippen LogP) is 5.68. The number of para-hydroxylation sites is 1. The minimum Gasteiger partial charge on any atom is -0.450 e. The van der Waals surface area contributed by atoms with Crippen molar-refractivity contribution in [2.24, 2.45) is 0 Å². The van der Waals surface area contributed by atoms with Crippen LogP contribution in [0.3, 0.4) is 0 Å². The van der Waals surface area contributed by atoms with Crippen molar-refractivity contribution in [3.05, 3.63) is 109 Å². The minimum absolute atomic E-state index is 0.0719. The molecule has 0 radical (unpaired) electrons. The second-order valence-corrected chi connectivity index (χ2v) is 9.53. The first kappa shape index (κ1) is 21.2. The summed E-state index contributed by atoms with van der Waals surface area (Å²) in [7, 11) is 0. The first-order valence-corrected chi connectivity index (χ1v) is 11.7. The molecule has 0 fully saturated rings. The number of nitrogens with zero attached hydrogens (tertiary/aromatic N) is 3. The van der Waals surface area contributed by atoms with Crippen LogP contribution in [0.1, 0.15) is 38.9 Å². The highest BCUT2D eigenvalue weighted by molar-refractivity contribution is 7.22. The molecule has 35 heavy (non-hydrogen) atoms. The molecular weight excluding hydrogens is 466 g/mol. The van der Waals surface area contributed by atoms with Gasteiger partial charge in [-0.3, -0.25) is 24.6 Å². The lowest BCUT2D eigenvalue weighted by molar-refractivity contribution is -0.384. The van der Waals surface area contributed by atoms with Crippen molar-refractivity contribution in [2.45, 2.75) is 19.9 Å². The molecule has 0 saturated heterocycles. The molecule has 6 rings (SSSR count). The fourth-order valence-corrected chi connectivity index (χ4v) is 5.87. The Morgan fingerprint density at radius 3 is 2.66 bits per heavy atom. The lowest BCUT2D eigenvalue weighted by Crippen LogP contribution is -2.29. The molecule has 0 bridgehead atoms. The molecule has 1 amide bonds. The number of anilines is 1. The van der Waals surface area contributed by atoms with Gasteiger partial charge in [-0.2, -0.15) is 0 Å². The second-order valence-electron chi connectivity index (χ2n) is 8.52. The van der Waals surface area contributed by atoms with Crippen LogP contribution in [-0.2, 0) is 0 Å². The number of hydrogen-bond donors (Lipinski definition) is 0. The number of benzene rings is 3. The number of fused-ring (bicyclic) bond motifs is 3. The number of thiazole rings is 1. The van der Waals surface area contributed by atoms with Crippen LogP contribution >= 0.6 is 11.3 Å². The normalized spacial score (nSPS) is 15.2. The standard InChI is InChI=1S/C26H17N3O5S/c1-13-10-14(2)21-19(11-13)35-26(27-21)28-22(15-6-5-7-16(12-15)29(32)33)20-23(30)17-8-3-4-9-18(17)34-24(20)25(28)31/h3-12,22H,1-2H3/t22-/m0/s1. The van der Waals surface area contributed by atoms with Gasteiger partial charge in [0.15, 0.2) is 10.6 Å². The van der Waals surface area contributed by atoms with E-state index in [9.17, 15) is 19.7 Å². The Kier molecular flexibility index (Phi) is 4.58. The van der Waals surface area contributed by atoms with E-state index in [2.05, 4.69) is 0 Å². The third-order valence-corrected chi connectivity index (χ3v) is 7.20. The fraction of sp³-hybridized carbons (Fsp3) is 0.115. The van der Waals surface area contributed by atoms with Gasteiger partial charge in [0.2, 0.25) is 5.76 Å². The average molecular weight is 484 g/mol. The highest BCUT2D eigenvalue weighted by atomic mass is 32.1. The molecule has 0 saturated carbocycles. The Morgan fingerprint density at radius 2 is 1.86 bits per heavy atom. The van der Waals surface area contributed by atoms with E-state index in [4.69, 9.17) is 9.40 Å². The van der Waals surface area contributed by atoms with Gasteiger partial charge in [0.1, 0.15) is 5.58 Å². The molecule has 8 nitrogen and oxygen atoms in total. The van der Waals surface area contributed by atoms with Gasteiger partial charge in [-0.05, 0) is 48.7 Å². The summed E-state index contributed by atoms with van der Waals surface area (Å²) in [4.78, 5) is 44.5. The molecule has 3 aromatic carbocycles. The molecule has 2 aromatic heterocycles. The fourth-order valence-electron chi connectivity index (χ4n) is 4.70. The van der Waals surface area contributed by atoms with Gasteiger partial charge in [-0.15, -0.1) is 0 Å². The summed E-state index contributed by atoms with van der Waals surface area (Å²) in [5.41, 5.74) is 3.22. The smallest absolute Gasteiger partial charge is 0.297 e. The Morgan fingerprint density at radius 1 is 1.06 bits per heavy atom. The third kappa shape index (κ3) is 3.16. The van der Waals surface area contributed by atoms with Crippen molar-refractivity contribution in [3.8, 4) is 0 Å². The van der Waals surface area contributed by atoms with Gasteiger partial charge in [0.05, 0.1) is 32.1 Å². The van der Waals surface area contributed by atoms with Crippen molar-refractivity contribution < 1.29 is 14.1 Å². The summed E-state index contributed by atoms with van der Waals surface area (Å²) < 4.78 is 6.85. The van der Waals surface area contributed by atoms with Crippen LogP contribution in [0.2, 0.25) is 0 Å². The van der Waals surface area contributed by atoms with Crippen LogP contribution in [0.4, 0.5) is 10.8 Å². The molecule has 9 heteroatoms. The van der Waals surface area contributed by atoms with Gasteiger partial charge in [0.25, 0.3) is 11.6 Å². The Bertz CT molecular complexity index is 1770. The number of aryl methyl sites for hydroxylation is 2. The maximum atomic E-state index is 13.8. The first-order chi connectivity index (χ1) is 16.8. The van der Waals surface area contributed by atoms with Gasteiger partial charge >= 0.3 is 0 Å². The van der Waals surface area contributed by atoms with E-state index in [1.54, 1.807) is 36.4 Å². The molecular formula is C26H17N3O5S. The molecule has 1 aliphatic rings. The number of nitro benzene ring substituents is 1. The van der Waals surface area contributed by atoms with Crippen molar-refractivity contribution in [1.82, 2.24) is 4.98 Å². The van der Waals surface area contributed by atoms with E-state index in [0.29, 0.717) is 21.7 Å². The van der Waals surface area contributed by atoms with E-state index in [1.807, 2.05) is 26.0 Å². The summed E-state index contributed by atoms with van der Waals surface area (Å²) in [5, 5.41) is 12.2. The molecule has 0 N–H and O–H groups in total. The summed E-state index contributed by atoms with van der Waals surface area (Å²) in [6.45, 7) is 3.94. The number of carbonyl (C=O) groups excluding carboxylic acids is 1. The van der Waals surface area contributed by atoms with E-state index < -0.39 is 16.9 Å². The molecule has 172 valence electrons. The maximum absolute atomic E-state index is 13.8. The monoisotopic (exact) mass is 483 g/mol. The zero-order chi connectivity index (χ0) is 24.4. The molecule has 0 unspecified atom stereocenters. The largest absolute Gasteiger partial charge is 0.450 e. The van der Waals surface area contributed by atoms with Gasteiger partial charge < -0.3 is 4.42 Å². The van der Waals surface area contributed by atoms with Crippen LogP contribution in [0.15, 0.2) is 69.9 Å². The highest BCUT2D eigenvalue weighted by Gasteiger charge is 2.45. The van der Waals surface area contributed by atoms with Crippen molar-refractivity contribution in [2.75, 3.05) is 4.90 Å². The van der Waals surface area contributed by atoms with Crippen LogP contribution in [-0.4, -0.2) is 15.8 Å². The zero-order valence-electron chi connectivity index (χ0n) is 18.6. The number of carbonyl (C=O) groups is 1. The molecule has 1 aliphatic heterocycles. The SMILES string of the molecule is Cc1cc(C)c2nc(N3C(=O)c4oc5ccccc5c(=O)c4[C@@H]3c3cccc([N+](=O)[O-])c3)sc2c1. The van der Waals surface area contributed by atoms with E-state index in [-0.39, 0.29) is 22.4 Å². The molecule has 1 atom stereocenters. The second kappa shape index (κ2) is 7.57. The minimum atomic E-state index is -0.916. The molecule has 5 aromatic rings. The van der Waals surface area contributed by atoms with E-state index in [1.165, 1.54) is 28.4 Å². The van der Waals surface area contributed by atoms with E-state index >= 15 is 0 Å². The molecule has 3 heterocycles. The predicted molar refractivity (Wildman–Crippen MR) is 133 cm³/mol. The highest BCUT2D eigenvalue weighted by Crippen LogP contribution is 2.44. The van der Waals surface area contributed by atoms with Crippen molar-refractivity contribution >= 4 is 49.2 Å². The Labute approximate surface area is 202 Å². The topological polar surface area (TPSA) is 107 Å². The lowest BCUT2D eigenvalue weighted by Gasteiger charge is -2.22. The van der Waals surface area contributed by atoms with Crippen LogP contribution in [0.25, 0.3) is 21.2 Å². The maximum Gasteiger partial charge on any atom is 0.297 e. The summed E-state index contributed by atoms with van der Waals surface area (Å²) >= 11 is 1.33. The number of rotatable bonds is 3. The molecule has 0 spiro atoms. The summed E-state index contributed by atoms with van der Waals surface area (Å²) in [6, 6.07) is 15.8. The molecule has 0 aliphatic carbocycles. The summed E-state index contributed by atoms with van der Waals surface area (Å²) in [6.07, 6.45) is 0. The van der Waals surface area contributed by atoms with Crippen LogP contribution < -0.4 is 10.3 Å². The van der Waals surface area contributed by atoms with Crippen molar-refractivity contribution in [1.29, 1.82) is 0 Å². The number of non-ortho nitro benzene ring substituents is 1. The first-order valence-electron chi connectivity index (χ1n) is 10.8.